The minimum atomic E-state index is -0.480. The summed E-state index contributed by atoms with van der Waals surface area (Å²) in [6.45, 7) is 4.41. The van der Waals surface area contributed by atoms with Crippen LogP contribution in [0.1, 0.15) is 41.4 Å². The molecule has 0 spiro atoms. The molecule has 0 aliphatic heterocycles. The molecule has 3 rings (SSSR count). The van der Waals surface area contributed by atoms with E-state index < -0.39 is 16.7 Å². The Labute approximate surface area is 191 Å². The lowest BCUT2D eigenvalue weighted by Crippen LogP contribution is -2.35. The molecule has 0 atom stereocenters. The number of hydrogen-bond donors (Lipinski definition) is 2. The number of aryl methyl sites for hydroxylation is 1. The van der Waals surface area contributed by atoms with E-state index in [0.29, 0.717) is 29.2 Å². The number of nitro groups is 1. The van der Waals surface area contributed by atoms with E-state index in [4.69, 9.17) is 4.42 Å². The molecule has 3 aromatic rings. The number of nitrogens with zero attached hydrogens (tertiary/aromatic N) is 1. The zero-order chi connectivity index (χ0) is 23.8. The lowest BCUT2D eigenvalue weighted by atomic mass is 10.1. The molecule has 1 heterocycles. The Kier molecular flexibility index (Phi) is 7.75. The van der Waals surface area contributed by atoms with Crippen molar-refractivity contribution in [1.29, 1.82) is 0 Å². The highest BCUT2D eigenvalue weighted by Gasteiger charge is 2.16. The number of amides is 2. The van der Waals surface area contributed by atoms with Crippen LogP contribution in [0.5, 0.6) is 0 Å². The van der Waals surface area contributed by atoms with Gasteiger partial charge in [0.05, 0.1) is 4.92 Å². The molecule has 2 aromatic carbocycles. The van der Waals surface area contributed by atoms with Crippen molar-refractivity contribution in [2.45, 2.75) is 26.7 Å². The van der Waals surface area contributed by atoms with Crippen molar-refractivity contribution in [1.82, 2.24) is 10.6 Å². The zero-order valence-corrected chi connectivity index (χ0v) is 18.5. The number of non-ortho nitro benzene ring substituents is 1. The Hall–Kier alpha value is -4.20. The normalized spacial score (nSPS) is 11.2. The Morgan fingerprint density at radius 3 is 2.55 bits per heavy atom. The molecule has 0 fully saturated rings. The number of benzene rings is 2. The van der Waals surface area contributed by atoms with Crippen LogP contribution >= 0.6 is 0 Å². The molecule has 0 unspecified atom stereocenters. The molecular weight excluding hydrogens is 422 g/mol. The average molecular weight is 447 g/mol. The van der Waals surface area contributed by atoms with E-state index >= 15 is 0 Å². The smallest absolute Gasteiger partial charge is 0.270 e. The molecule has 2 amide bonds. The van der Waals surface area contributed by atoms with Gasteiger partial charge in [-0.05, 0) is 37.6 Å². The number of unbranched alkanes of at least 4 members (excludes halogenated alkanes) is 1. The number of nitrogens with one attached hydrogen (secondary N) is 2. The third-order valence-corrected chi connectivity index (χ3v) is 4.88. The molecule has 0 aliphatic rings. The van der Waals surface area contributed by atoms with Gasteiger partial charge >= 0.3 is 0 Å². The first-order valence-corrected chi connectivity index (χ1v) is 10.6. The second kappa shape index (κ2) is 10.9. The number of hydrogen-bond acceptors (Lipinski definition) is 5. The van der Waals surface area contributed by atoms with Crippen LogP contribution in [-0.4, -0.2) is 23.3 Å². The number of rotatable bonds is 9. The third kappa shape index (κ3) is 6.39. The van der Waals surface area contributed by atoms with Gasteiger partial charge in [0.2, 0.25) is 0 Å². The van der Waals surface area contributed by atoms with Crippen LogP contribution in [-0.2, 0) is 4.79 Å². The predicted molar refractivity (Wildman–Crippen MR) is 125 cm³/mol. The van der Waals surface area contributed by atoms with Crippen LogP contribution in [0, 0.1) is 17.0 Å². The summed E-state index contributed by atoms with van der Waals surface area (Å²) in [5, 5.41) is 16.5. The molecule has 0 saturated heterocycles. The first kappa shape index (κ1) is 23.5. The molecule has 8 heteroatoms. The van der Waals surface area contributed by atoms with E-state index in [-0.39, 0.29) is 11.4 Å². The number of carbonyl (C=O) groups excluding carboxylic acids is 2. The lowest BCUT2D eigenvalue weighted by molar-refractivity contribution is -0.384. The Morgan fingerprint density at radius 1 is 1.09 bits per heavy atom. The number of carbonyl (C=O) groups is 2. The summed E-state index contributed by atoms with van der Waals surface area (Å²) in [6.07, 6.45) is 3.16. The monoisotopic (exact) mass is 447 g/mol. The van der Waals surface area contributed by atoms with E-state index in [1.807, 2.05) is 26.0 Å². The van der Waals surface area contributed by atoms with E-state index in [0.717, 1.165) is 18.4 Å². The van der Waals surface area contributed by atoms with Gasteiger partial charge in [0.25, 0.3) is 17.5 Å². The fourth-order valence-corrected chi connectivity index (χ4v) is 3.03. The van der Waals surface area contributed by atoms with Gasteiger partial charge in [0, 0.05) is 35.9 Å². The van der Waals surface area contributed by atoms with E-state index in [1.165, 1.54) is 18.2 Å². The van der Waals surface area contributed by atoms with Crippen molar-refractivity contribution >= 4 is 23.6 Å². The maximum Gasteiger partial charge on any atom is 0.270 e. The third-order valence-electron chi connectivity index (χ3n) is 4.88. The van der Waals surface area contributed by atoms with Crippen LogP contribution in [0.3, 0.4) is 0 Å². The molecule has 0 aliphatic carbocycles. The summed E-state index contributed by atoms with van der Waals surface area (Å²) in [7, 11) is 0. The SMILES string of the molecule is CCCCNC(=O)/C(=C/c1ccc(-c2cccc([N+](=O)[O-])c2)o1)NC(=O)c1ccc(C)cc1. The highest BCUT2D eigenvalue weighted by atomic mass is 16.6. The largest absolute Gasteiger partial charge is 0.457 e. The second-order valence-corrected chi connectivity index (χ2v) is 7.50. The van der Waals surface area contributed by atoms with Crippen LogP contribution < -0.4 is 10.6 Å². The highest BCUT2D eigenvalue weighted by molar-refractivity contribution is 6.05. The molecule has 8 nitrogen and oxygen atoms in total. The number of furan rings is 1. The van der Waals surface area contributed by atoms with Crippen molar-refractivity contribution in [3.63, 3.8) is 0 Å². The van der Waals surface area contributed by atoms with Gasteiger partial charge < -0.3 is 15.1 Å². The summed E-state index contributed by atoms with van der Waals surface area (Å²) >= 11 is 0. The van der Waals surface area contributed by atoms with Crippen LogP contribution in [0.15, 0.2) is 70.8 Å². The summed E-state index contributed by atoms with van der Waals surface area (Å²) in [5.74, 6) is -0.128. The topological polar surface area (TPSA) is 114 Å². The van der Waals surface area contributed by atoms with Crippen LogP contribution in [0.25, 0.3) is 17.4 Å². The van der Waals surface area contributed by atoms with Crippen LogP contribution in [0.4, 0.5) is 5.69 Å². The average Bonchev–Trinajstić information content (AvgIpc) is 3.28. The van der Waals surface area contributed by atoms with Gasteiger partial charge in [-0.3, -0.25) is 19.7 Å². The molecule has 0 radical (unpaired) electrons. The molecule has 33 heavy (non-hydrogen) atoms. The predicted octanol–water partition coefficient (Wildman–Crippen LogP) is 4.85. The van der Waals surface area contributed by atoms with Gasteiger partial charge in [-0.2, -0.15) is 0 Å². The molecule has 2 N–H and O–H groups in total. The van der Waals surface area contributed by atoms with Crippen LogP contribution in [0.2, 0.25) is 0 Å². The minimum Gasteiger partial charge on any atom is -0.457 e. The lowest BCUT2D eigenvalue weighted by Gasteiger charge is -2.10. The van der Waals surface area contributed by atoms with Gasteiger partial charge in [0.15, 0.2) is 0 Å². The first-order chi connectivity index (χ1) is 15.9. The van der Waals surface area contributed by atoms with Crippen molar-refractivity contribution in [2.24, 2.45) is 0 Å². The maximum atomic E-state index is 12.7. The van der Waals surface area contributed by atoms with Crippen molar-refractivity contribution < 1.29 is 18.9 Å². The summed E-state index contributed by atoms with van der Waals surface area (Å²) in [5.41, 5.74) is 1.95. The van der Waals surface area contributed by atoms with E-state index in [2.05, 4.69) is 10.6 Å². The van der Waals surface area contributed by atoms with Gasteiger partial charge in [-0.15, -0.1) is 0 Å². The molecule has 1 aromatic heterocycles. The summed E-state index contributed by atoms with van der Waals surface area (Å²) in [4.78, 5) is 36.0. The van der Waals surface area contributed by atoms with E-state index in [9.17, 15) is 19.7 Å². The quantitative estimate of drug-likeness (QED) is 0.211. The van der Waals surface area contributed by atoms with Crippen molar-refractivity contribution in [2.75, 3.05) is 6.54 Å². The first-order valence-electron chi connectivity index (χ1n) is 10.6. The van der Waals surface area contributed by atoms with Crippen molar-refractivity contribution in [3.8, 4) is 11.3 Å². The molecule has 0 bridgehead atoms. The zero-order valence-electron chi connectivity index (χ0n) is 18.5. The fourth-order valence-electron chi connectivity index (χ4n) is 3.03. The molecule has 0 saturated carbocycles. The summed E-state index contributed by atoms with van der Waals surface area (Å²) in [6, 6.07) is 16.3. The van der Waals surface area contributed by atoms with Crippen molar-refractivity contribution in [3.05, 3.63) is 93.4 Å². The highest BCUT2D eigenvalue weighted by Crippen LogP contribution is 2.26. The maximum absolute atomic E-state index is 12.7. The molecular formula is C25H25N3O5. The Bertz CT molecular complexity index is 1180. The van der Waals surface area contributed by atoms with Gasteiger partial charge in [0.1, 0.15) is 17.2 Å². The second-order valence-electron chi connectivity index (χ2n) is 7.50. The standard InChI is InChI=1S/C25H25N3O5/c1-3-4-14-26-25(30)22(27-24(29)18-10-8-17(2)9-11-18)16-21-12-13-23(33-21)19-6-5-7-20(15-19)28(31)32/h5-13,15-16H,3-4,14H2,1-2H3,(H,26,30)(H,27,29)/b22-16-. The summed E-state index contributed by atoms with van der Waals surface area (Å²) < 4.78 is 5.78. The van der Waals surface area contributed by atoms with Gasteiger partial charge in [-0.25, -0.2) is 0 Å². The number of nitro benzene ring substituents is 1. The Balaban J connectivity index is 1.86. The minimum absolute atomic E-state index is 0.0385. The fraction of sp³-hybridized carbons (Fsp3) is 0.200. The van der Waals surface area contributed by atoms with E-state index in [1.54, 1.807) is 36.4 Å². The molecule has 170 valence electrons. The van der Waals surface area contributed by atoms with Gasteiger partial charge in [-0.1, -0.05) is 43.2 Å². The Morgan fingerprint density at radius 2 is 1.85 bits per heavy atom.